The van der Waals surface area contributed by atoms with Gasteiger partial charge in [0.15, 0.2) is 0 Å². The maximum Gasteiger partial charge on any atom is 0.267 e. The highest BCUT2D eigenvalue weighted by molar-refractivity contribution is 8.26. The molecular formula is C22H26N4O3S2. The summed E-state index contributed by atoms with van der Waals surface area (Å²) >= 11 is 6.67. The van der Waals surface area contributed by atoms with Gasteiger partial charge in [0.05, 0.1) is 22.7 Å². The fraction of sp³-hybridized carbons (Fsp3) is 0.455. The molecule has 0 radical (unpaired) electrons. The number of amides is 1. The second-order valence-electron chi connectivity index (χ2n) is 8.43. The van der Waals surface area contributed by atoms with Gasteiger partial charge in [-0.1, -0.05) is 43.9 Å². The molecule has 4 heterocycles. The van der Waals surface area contributed by atoms with Crippen molar-refractivity contribution in [1.29, 1.82) is 0 Å². The SMILES string of the molecule is CC(C)CN1C(=O)/C(=C\c2c(N3CC(C)OC(C)C3)nc3ccccn3c2=O)SC1=S. The summed E-state index contributed by atoms with van der Waals surface area (Å²) in [6.07, 6.45) is 3.38. The number of carbonyl (C=O) groups is 1. The number of morpholine rings is 1. The van der Waals surface area contributed by atoms with Crippen LogP contribution in [0.2, 0.25) is 0 Å². The molecule has 2 atom stereocenters. The molecule has 0 spiro atoms. The number of aromatic nitrogens is 2. The molecule has 0 aliphatic carbocycles. The Kier molecular flexibility index (Phi) is 6.18. The third-order valence-corrected chi connectivity index (χ3v) is 6.54. The lowest BCUT2D eigenvalue weighted by atomic mass is 10.1. The lowest BCUT2D eigenvalue weighted by molar-refractivity contribution is -0.122. The largest absolute Gasteiger partial charge is 0.372 e. The zero-order chi connectivity index (χ0) is 22.3. The number of pyridine rings is 1. The monoisotopic (exact) mass is 458 g/mol. The van der Waals surface area contributed by atoms with E-state index in [4.69, 9.17) is 21.9 Å². The molecular weight excluding hydrogens is 432 g/mol. The Morgan fingerprint density at radius 1 is 1.26 bits per heavy atom. The van der Waals surface area contributed by atoms with Gasteiger partial charge in [-0.25, -0.2) is 4.98 Å². The maximum absolute atomic E-state index is 13.4. The van der Waals surface area contributed by atoms with Crippen molar-refractivity contribution in [3.63, 3.8) is 0 Å². The summed E-state index contributed by atoms with van der Waals surface area (Å²) in [5.74, 6) is 0.713. The molecule has 7 nitrogen and oxygen atoms in total. The van der Waals surface area contributed by atoms with Gasteiger partial charge in [-0.05, 0) is 38.0 Å². The number of ether oxygens (including phenoxy) is 1. The molecule has 2 aliphatic heterocycles. The van der Waals surface area contributed by atoms with E-state index < -0.39 is 0 Å². The zero-order valence-corrected chi connectivity index (χ0v) is 19.7. The minimum absolute atomic E-state index is 0.0110. The molecule has 31 heavy (non-hydrogen) atoms. The van der Waals surface area contributed by atoms with E-state index in [0.29, 0.717) is 51.8 Å². The second kappa shape index (κ2) is 8.72. The first-order valence-electron chi connectivity index (χ1n) is 10.4. The van der Waals surface area contributed by atoms with Crippen molar-refractivity contribution < 1.29 is 9.53 Å². The Bertz CT molecular complexity index is 1120. The van der Waals surface area contributed by atoms with Gasteiger partial charge in [-0.3, -0.25) is 18.9 Å². The van der Waals surface area contributed by atoms with Crippen molar-refractivity contribution in [1.82, 2.24) is 14.3 Å². The van der Waals surface area contributed by atoms with Crippen LogP contribution >= 0.6 is 24.0 Å². The molecule has 0 saturated carbocycles. The van der Waals surface area contributed by atoms with Gasteiger partial charge in [0.1, 0.15) is 15.8 Å². The summed E-state index contributed by atoms with van der Waals surface area (Å²) in [5, 5.41) is 0. The average Bonchev–Trinajstić information content (AvgIpc) is 2.96. The number of hydrogen-bond donors (Lipinski definition) is 0. The standard InChI is InChI=1S/C22H26N4O3S2/c1-13(2)10-26-21(28)17(31-22(26)30)9-16-19(24-11-14(3)29-15(4)12-24)23-18-7-5-6-8-25(18)20(16)27/h5-9,13-15H,10-12H2,1-4H3/b17-9+. The number of hydrogen-bond acceptors (Lipinski definition) is 7. The summed E-state index contributed by atoms with van der Waals surface area (Å²) in [7, 11) is 0. The van der Waals surface area contributed by atoms with E-state index >= 15 is 0 Å². The summed E-state index contributed by atoms with van der Waals surface area (Å²) in [6.45, 7) is 9.90. The van der Waals surface area contributed by atoms with Crippen molar-refractivity contribution in [3.05, 3.63) is 45.2 Å². The van der Waals surface area contributed by atoms with Crippen LogP contribution in [-0.2, 0) is 9.53 Å². The topological polar surface area (TPSA) is 67.2 Å². The number of carbonyl (C=O) groups excluding carboxylic acids is 1. The van der Waals surface area contributed by atoms with Crippen molar-refractivity contribution >= 4 is 51.7 Å². The van der Waals surface area contributed by atoms with E-state index in [0.717, 1.165) is 0 Å². The first-order chi connectivity index (χ1) is 14.7. The summed E-state index contributed by atoms with van der Waals surface area (Å²) in [6, 6.07) is 5.46. The molecule has 2 unspecified atom stereocenters. The number of thiocarbonyl (C=S) groups is 1. The number of thioether (sulfide) groups is 1. The van der Waals surface area contributed by atoms with Crippen LogP contribution < -0.4 is 10.5 Å². The fourth-order valence-corrected chi connectivity index (χ4v) is 5.22. The number of anilines is 1. The van der Waals surface area contributed by atoms with Crippen LogP contribution in [0, 0.1) is 5.92 Å². The van der Waals surface area contributed by atoms with Crippen LogP contribution in [0.1, 0.15) is 33.3 Å². The number of fused-ring (bicyclic) bond motifs is 1. The van der Waals surface area contributed by atoms with E-state index in [1.807, 2.05) is 39.8 Å². The zero-order valence-electron chi connectivity index (χ0n) is 18.1. The quantitative estimate of drug-likeness (QED) is 0.515. The average molecular weight is 459 g/mol. The van der Waals surface area contributed by atoms with Gasteiger partial charge in [0.2, 0.25) is 0 Å². The Balaban J connectivity index is 1.84. The van der Waals surface area contributed by atoms with Crippen LogP contribution in [0.5, 0.6) is 0 Å². The van der Waals surface area contributed by atoms with Crippen molar-refractivity contribution in [2.24, 2.45) is 5.92 Å². The van der Waals surface area contributed by atoms with Gasteiger partial charge >= 0.3 is 0 Å². The maximum atomic E-state index is 13.4. The summed E-state index contributed by atoms with van der Waals surface area (Å²) in [5.41, 5.74) is 0.760. The van der Waals surface area contributed by atoms with Crippen LogP contribution in [0.25, 0.3) is 11.7 Å². The van der Waals surface area contributed by atoms with Crippen LogP contribution in [0.15, 0.2) is 34.1 Å². The molecule has 9 heteroatoms. The van der Waals surface area contributed by atoms with Gasteiger partial charge in [-0.15, -0.1) is 0 Å². The molecule has 4 rings (SSSR count). The van der Waals surface area contributed by atoms with Crippen molar-refractivity contribution in [2.75, 3.05) is 24.5 Å². The normalized spacial score (nSPS) is 23.6. The molecule has 164 valence electrons. The Morgan fingerprint density at radius 3 is 2.65 bits per heavy atom. The van der Waals surface area contributed by atoms with Gasteiger partial charge < -0.3 is 9.64 Å². The van der Waals surface area contributed by atoms with Crippen LogP contribution in [0.3, 0.4) is 0 Å². The van der Waals surface area contributed by atoms with Crippen molar-refractivity contribution in [2.45, 2.75) is 39.9 Å². The lowest BCUT2D eigenvalue weighted by Gasteiger charge is -2.36. The van der Waals surface area contributed by atoms with E-state index in [1.165, 1.54) is 16.2 Å². The Labute approximate surface area is 191 Å². The van der Waals surface area contributed by atoms with Crippen LogP contribution in [-0.4, -0.2) is 56.4 Å². The Hall–Kier alpha value is -2.23. The summed E-state index contributed by atoms with van der Waals surface area (Å²) < 4.78 is 7.89. The minimum Gasteiger partial charge on any atom is -0.372 e. The molecule has 0 N–H and O–H groups in total. The van der Waals surface area contributed by atoms with Crippen molar-refractivity contribution in [3.8, 4) is 0 Å². The molecule has 1 amide bonds. The molecule has 2 aromatic rings. The molecule has 0 bridgehead atoms. The molecule has 2 saturated heterocycles. The van der Waals surface area contributed by atoms with E-state index in [-0.39, 0.29) is 23.7 Å². The van der Waals surface area contributed by atoms with Gasteiger partial charge in [0.25, 0.3) is 11.5 Å². The number of rotatable bonds is 4. The van der Waals surface area contributed by atoms with Crippen LogP contribution in [0.4, 0.5) is 5.82 Å². The van der Waals surface area contributed by atoms with Gasteiger partial charge in [0, 0.05) is 25.8 Å². The molecule has 2 aliphatic rings. The Morgan fingerprint density at radius 2 is 1.97 bits per heavy atom. The smallest absolute Gasteiger partial charge is 0.267 e. The third-order valence-electron chi connectivity index (χ3n) is 5.16. The molecule has 2 fully saturated rings. The first kappa shape index (κ1) is 22.0. The van der Waals surface area contributed by atoms with Gasteiger partial charge in [-0.2, -0.15) is 0 Å². The summed E-state index contributed by atoms with van der Waals surface area (Å²) in [4.78, 5) is 35.4. The number of nitrogens with zero attached hydrogens (tertiary/aromatic N) is 4. The first-order valence-corrected chi connectivity index (χ1v) is 11.6. The molecule has 2 aromatic heterocycles. The van der Waals surface area contributed by atoms with E-state index in [1.54, 1.807) is 23.2 Å². The lowest BCUT2D eigenvalue weighted by Crippen LogP contribution is -2.46. The minimum atomic E-state index is -0.207. The predicted octanol–water partition coefficient (Wildman–Crippen LogP) is 3.17. The highest BCUT2D eigenvalue weighted by Crippen LogP contribution is 2.34. The fourth-order valence-electron chi connectivity index (χ4n) is 3.96. The highest BCUT2D eigenvalue weighted by atomic mass is 32.2. The van der Waals surface area contributed by atoms with E-state index in [2.05, 4.69) is 4.90 Å². The second-order valence-corrected chi connectivity index (χ2v) is 10.1. The highest BCUT2D eigenvalue weighted by Gasteiger charge is 2.33. The predicted molar refractivity (Wildman–Crippen MR) is 128 cm³/mol. The van der Waals surface area contributed by atoms with E-state index in [9.17, 15) is 9.59 Å². The molecule has 0 aromatic carbocycles. The third kappa shape index (κ3) is 4.40.